The summed E-state index contributed by atoms with van der Waals surface area (Å²) >= 11 is 0. The average molecular weight is 577 g/mol. The van der Waals surface area contributed by atoms with Crippen LogP contribution in [0.15, 0.2) is 53.0 Å². The summed E-state index contributed by atoms with van der Waals surface area (Å²) in [6.45, 7) is 4.22. The molecule has 11 heteroatoms. The van der Waals surface area contributed by atoms with Crippen LogP contribution in [0.3, 0.4) is 0 Å². The Hall–Kier alpha value is -2.73. The molecule has 0 aliphatic heterocycles. The summed E-state index contributed by atoms with van der Waals surface area (Å²) in [5.74, 6) is -3.86. The molecule has 0 heterocycles. The molecule has 0 bridgehead atoms. The maximum absolute atomic E-state index is 17.3. The van der Waals surface area contributed by atoms with E-state index in [1.54, 1.807) is 20.8 Å². The Morgan fingerprint density at radius 2 is 1.90 bits per heavy atom. The highest BCUT2D eigenvalue weighted by molar-refractivity contribution is 7.85. The number of hydrogen-bond acceptors (Lipinski definition) is 8. The van der Waals surface area contributed by atoms with E-state index in [-0.39, 0.29) is 17.8 Å². The number of allylic oxidation sites excluding steroid dienone is 4. The molecule has 1 aromatic carbocycles. The molecule has 3 N–H and O–H groups in total. The van der Waals surface area contributed by atoms with E-state index in [1.807, 2.05) is 0 Å². The Labute approximate surface area is 231 Å². The number of ketones is 2. The number of Topliss-reactive ketones (excluding diaryl/α,β-unsaturated/α-hetero) is 1. The van der Waals surface area contributed by atoms with Gasteiger partial charge >= 0.3 is 5.97 Å². The van der Waals surface area contributed by atoms with Crippen LogP contribution in [-0.2, 0) is 24.4 Å². The number of alkyl halides is 1. The predicted molar refractivity (Wildman–Crippen MR) is 139 cm³/mol. The van der Waals surface area contributed by atoms with Crippen LogP contribution in [0, 0.1) is 28.6 Å². The highest BCUT2D eigenvalue weighted by atomic mass is 32.2. The standard InChI is InChI=1S/C29H33FO9S/c1-16-11-22-21-8-7-18-13-19(31)9-10-26(18,2)28(21,30)23(32)14-27(22,3)29(16,35)24(33)15-39-25(34)17-5-4-6-20(12-17)40(36,37)38/h4-6,9-10,12-13,16,21-23,32,35H,7-8,11,14-15H2,1-3H3,(H,36,37,38)/t16-,21-,22-,23+,26+,27+,28-,29-/m1/s1. The number of aliphatic hydroxyl groups excluding tert-OH is 1. The minimum absolute atomic E-state index is 0.216. The first-order chi connectivity index (χ1) is 18.5. The van der Waals surface area contributed by atoms with Gasteiger partial charge in [0.1, 0.15) is 5.60 Å². The van der Waals surface area contributed by atoms with Crippen molar-refractivity contribution in [1.82, 2.24) is 0 Å². The molecule has 40 heavy (non-hydrogen) atoms. The molecule has 0 amide bonds. The van der Waals surface area contributed by atoms with E-state index in [2.05, 4.69) is 0 Å². The lowest BCUT2D eigenvalue weighted by Gasteiger charge is -2.62. The third kappa shape index (κ3) is 3.81. The summed E-state index contributed by atoms with van der Waals surface area (Å²) in [6, 6.07) is 4.48. The number of halogens is 1. The molecule has 0 spiro atoms. The smallest absolute Gasteiger partial charge is 0.338 e. The lowest BCUT2D eigenvalue weighted by molar-refractivity contribution is -0.219. The van der Waals surface area contributed by atoms with E-state index >= 15 is 4.39 Å². The SMILES string of the molecule is C[C@@H]1C[C@@H]2[C@H]3CCC4=CC(=O)C=C[C@]4(C)[C@]3(F)[C@@H](O)C[C@]2(C)[C@]1(O)C(=O)COC(=O)c1cccc(S(=O)(=O)O)c1. The number of rotatable bonds is 5. The van der Waals surface area contributed by atoms with Crippen LogP contribution in [0.25, 0.3) is 0 Å². The zero-order valence-electron chi connectivity index (χ0n) is 22.5. The number of carbonyl (C=O) groups excluding carboxylic acids is 3. The van der Waals surface area contributed by atoms with Gasteiger partial charge in [0.05, 0.1) is 16.6 Å². The Bertz CT molecular complexity index is 1470. The predicted octanol–water partition coefficient (Wildman–Crippen LogP) is 3.01. The van der Waals surface area contributed by atoms with E-state index < -0.39 is 79.3 Å². The van der Waals surface area contributed by atoms with E-state index in [0.29, 0.717) is 24.8 Å². The third-order valence-electron chi connectivity index (χ3n) is 10.3. The van der Waals surface area contributed by atoms with Gasteiger partial charge in [0.15, 0.2) is 18.1 Å². The molecular formula is C29H33FO9S. The fourth-order valence-corrected chi connectivity index (χ4v) is 8.77. The first-order valence-electron chi connectivity index (χ1n) is 13.3. The van der Waals surface area contributed by atoms with Crippen molar-refractivity contribution in [2.24, 2.45) is 28.6 Å². The van der Waals surface area contributed by atoms with Crippen molar-refractivity contribution >= 4 is 27.7 Å². The van der Waals surface area contributed by atoms with Gasteiger partial charge in [-0.15, -0.1) is 0 Å². The highest BCUT2D eigenvalue weighted by Crippen LogP contribution is 2.70. The van der Waals surface area contributed by atoms with Gasteiger partial charge in [-0.3, -0.25) is 14.1 Å². The minimum atomic E-state index is -4.57. The lowest BCUT2D eigenvalue weighted by atomic mass is 9.44. The number of fused-ring (bicyclic) bond motifs is 5. The molecule has 0 saturated heterocycles. The van der Waals surface area contributed by atoms with Crippen molar-refractivity contribution in [2.45, 2.75) is 68.7 Å². The molecule has 8 atom stereocenters. The van der Waals surface area contributed by atoms with Gasteiger partial charge in [-0.2, -0.15) is 8.42 Å². The third-order valence-corrected chi connectivity index (χ3v) is 11.2. The molecule has 3 saturated carbocycles. The molecule has 3 fully saturated rings. The second-order valence-electron chi connectivity index (χ2n) is 12.2. The molecular weight excluding hydrogens is 543 g/mol. The monoisotopic (exact) mass is 576 g/mol. The molecule has 4 aliphatic carbocycles. The maximum atomic E-state index is 17.3. The van der Waals surface area contributed by atoms with Crippen LogP contribution >= 0.6 is 0 Å². The topological polar surface area (TPSA) is 155 Å². The summed E-state index contributed by atoms with van der Waals surface area (Å²) in [5, 5.41) is 23.4. The normalized spacial score (nSPS) is 40.5. The maximum Gasteiger partial charge on any atom is 0.338 e. The minimum Gasteiger partial charge on any atom is -0.454 e. The van der Waals surface area contributed by atoms with Gasteiger partial charge in [-0.1, -0.05) is 31.6 Å². The zero-order chi connectivity index (χ0) is 29.5. The first kappa shape index (κ1) is 28.8. The van der Waals surface area contributed by atoms with Crippen molar-refractivity contribution in [3.8, 4) is 0 Å². The van der Waals surface area contributed by atoms with Crippen molar-refractivity contribution in [3.05, 3.63) is 53.6 Å². The van der Waals surface area contributed by atoms with E-state index in [1.165, 1.54) is 30.4 Å². The fourth-order valence-electron chi connectivity index (χ4n) is 8.25. The van der Waals surface area contributed by atoms with Gasteiger partial charge in [0.2, 0.25) is 5.78 Å². The van der Waals surface area contributed by atoms with Crippen LogP contribution < -0.4 is 0 Å². The summed E-state index contributed by atoms with van der Waals surface area (Å²) in [6.07, 6.45) is 3.64. The van der Waals surface area contributed by atoms with Crippen molar-refractivity contribution in [2.75, 3.05) is 6.61 Å². The summed E-state index contributed by atoms with van der Waals surface area (Å²) in [4.78, 5) is 37.7. The number of ether oxygens (including phenoxy) is 1. The molecule has 0 aromatic heterocycles. The van der Waals surface area contributed by atoms with Gasteiger partial charge in [-0.05, 0) is 74.8 Å². The van der Waals surface area contributed by atoms with E-state index in [9.17, 15) is 37.6 Å². The largest absolute Gasteiger partial charge is 0.454 e. The molecule has 4 aliphatic rings. The van der Waals surface area contributed by atoms with Crippen molar-refractivity contribution < 1.29 is 46.7 Å². The summed E-state index contributed by atoms with van der Waals surface area (Å²) < 4.78 is 54.4. The van der Waals surface area contributed by atoms with Crippen LogP contribution in [-0.4, -0.2) is 64.7 Å². The molecule has 216 valence electrons. The van der Waals surface area contributed by atoms with Gasteiger partial charge < -0.3 is 14.9 Å². The quantitative estimate of drug-likeness (QED) is 0.354. The zero-order valence-corrected chi connectivity index (χ0v) is 23.3. The second kappa shape index (κ2) is 9.14. The fraction of sp³-hybridized carbons (Fsp3) is 0.552. The Balaban J connectivity index is 1.41. The van der Waals surface area contributed by atoms with Crippen LogP contribution in [0.2, 0.25) is 0 Å². The Morgan fingerprint density at radius 3 is 2.58 bits per heavy atom. The average Bonchev–Trinajstić information content (AvgIpc) is 3.09. The molecule has 0 radical (unpaired) electrons. The van der Waals surface area contributed by atoms with Crippen LogP contribution in [0.1, 0.15) is 56.8 Å². The summed E-state index contributed by atoms with van der Waals surface area (Å²) in [5.41, 5.74) is -6.17. The number of hydrogen-bond donors (Lipinski definition) is 3. The number of carbonyl (C=O) groups is 3. The van der Waals surface area contributed by atoms with Crippen molar-refractivity contribution in [1.29, 1.82) is 0 Å². The number of esters is 1. The van der Waals surface area contributed by atoms with E-state index in [0.717, 1.165) is 12.1 Å². The van der Waals surface area contributed by atoms with Gasteiger partial charge in [0, 0.05) is 16.7 Å². The van der Waals surface area contributed by atoms with Crippen LogP contribution in [0.4, 0.5) is 4.39 Å². The molecule has 1 aromatic rings. The van der Waals surface area contributed by atoms with E-state index in [4.69, 9.17) is 4.74 Å². The number of aliphatic hydroxyl groups is 2. The van der Waals surface area contributed by atoms with Crippen molar-refractivity contribution in [3.63, 3.8) is 0 Å². The van der Waals surface area contributed by atoms with Crippen LogP contribution in [0.5, 0.6) is 0 Å². The molecule has 9 nitrogen and oxygen atoms in total. The Morgan fingerprint density at radius 1 is 1.20 bits per heavy atom. The Kier molecular flexibility index (Phi) is 6.58. The highest BCUT2D eigenvalue weighted by Gasteiger charge is 2.75. The lowest BCUT2D eigenvalue weighted by Crippen LogP contribution is -2.69. The first-order valence-corrected chi connectivity index (χ1v) is 14.8. The van der Waals surface area contributed by atoms with Gasteiger partial charge in [0.25, 0.3) is 10.1 Å². The molecule has 5 rings (SSSR count). The van der Waals surface area contributed by atoms with Gasteiger partial charge in [-0.25, -0.2) is 9.18 Å². The summed E-state index contributed by atoms with van der Waals surface area (Å²) in [7, 11) is -4.57. The second-order valence-corrected chi connectivity index (χ2v) is 13.6. The molecule has 0 unspecified atom stereocenters. The number of benzene rings is 1.